The Bertz CT molecular complexity index is 1070. The number of hydrogen-bond acceptors (Lipinski definition) is 7. The molecule has 0 unspecified atom stereocenters. The molecule has 3 aromatic rings. The Kier molecular flexibility index (Phi) is 5.30. The van der Waals surface area contributed by atoms with Gasteiger partial charge in [0.1, 0.15) is 11.3 Å². The number of hydrazone groups is 1. The van der Waals surface area contributed by atoms with Gasteiger partial charge in [-0.2, -0.15) is 5.10 Å². The number of furan rings is 1. The number of benzene rings is 2. The normalized spacial score (nSPS) is 10.9. The van der Waals surface area contributed by atoms with E-state index in [-0.39, 0.29) is 18.1 Å². The van der Waals surface area contributed by atoms with Crippen LogP contribution in [-0.4, -0.2) is 29.6 Å². The van der Waals surface area contributed by atoms with Gasteiger partial charge in [0.2, 0.25) is 0 Å². The second kappa shape index (κ2) is 7.99. The van der Waals surface area contributed by atoms with Crippen molar-refractivity contribution in [2.45, 2.75) is 0 Å². The van der Waals surface area contributed by atoms with Crippen LogP contribution in [0.1, 0.15) is 16.1 Å². The third-order valence-electron chi connectivity index (χ3n) is 3.58. The Morgan fingerprint density at radius 3 is 2.64 bits per heavy atom. The number of amides is 2. The standard InChI is InChI=1S/C18H14N4O6/c19-17(23)10-27-14-4-1-11(2-5-14)9-20-21-18(24)16-8-12-7-13(22(25)26)3-6-15(12)28-16/h1-9H,10H2,(H2,19,23)(H,21,24)/b20-9-. The first-order valence-corrected chi connectivity index (χ1v) is 7.95. The van der Waals surface area contributed by atoms with Crippen LogP contribution < -0.4 is 15.9 Å². The molecule has 0 fully saturated rings. The van der Waals surface area contributed by atoms with Crippen molar-refractivity contribution in [2.24, 2.45) is 10.8 Å². The van der Waals surface area contributed by atoms with Crippen LogP contribution in [0.3, 0.4) is 0 Å². The van der Waals surface area contributed by atoms with Gasteiger partial charge in [-0.3, -0.25) is 19.7 Å². The lowest BCUT2D eigenvalue weighted by molar-refractivity contribution is -0.384. The fraction of sp³-hybridized carbons (Fsp3) is 0.0556. The van der Waals surface area contributed by atoms with Gasteiger partial charge in [-0.15, -0.1) is 0 Å². The molecule has 0 spiro atoms. The molecule has 1 heterocycles. The number of ether oxygens (including phenoxy) is 1. The highest BCUT2D eigenvalue weighted by molar-refractivity contribution is 5.97. The zero-order valence-electron chi connectivity index (χ0n) is 14.3. The van der Waals surface area contributed by atoms with Crippen molar-refractivity contribution in [2.75, 3.05) is 6.61 Å². The predicted molar refractivity (Wildman–Crippen MR) is 99.1 cm³/mol. The lowest BCUT2D eigenvalue weighted by atomic mass is 10.2. The van der Waals surface area contributed by atoms with Gasteiger partial charge in [0.25, 0.3) is 11.6 Å². The van der Waals surface area contributed by atoms with Crippen molar-refractivity contribution >= 4 is 34.7 Å². The number of rotatable bonds is 7. The van der Waals surface area contributed by atoms with Gasteiger partial charge >= 0.3 is 5.91 Å². The van der Waals surface area contributed by atoms with Crippen molar-refractivity contribution < 1.29 is 23.7 Å². The van der Waals surface area contributed by atoms with Gasteiger partial charge in [-0.05, 0) is 42.0 Å². The number of hydrogen-bond donors (Lipinski definition) is 2. The molecule has 0 saturated heterocycles. The first kappa shape index (κ1) is 18.6. The van der Waals surface area contributed by atoms with E-state index in [1.807, 2.05) is 0 Å². The third-order valence-corrected chi connectivity index (χ3v) is 3.58. The molecule has 28 heavy (non-hydrogen) atoms. The minimum absolute atomic E-state index is 0.0251. The average Bonchev–Trinajstić information content (AvgIpc) is 3.10. The van der Waals surface area contributed by atoms with Crippen LogP contribution in [0.15, 0.2) is 58.0 Å². The fourth-order valence-corrected chi connectivity index (χ4v) is 2.28. The molecule has 0 radical (unpaired) electrons. The number of nitrogens with one attached hydrogen (secondary N) is 1. The van der Waals surface area contributed by atoms with Crippen LogP contribution in [0.4, 0.5) is 5.69 Å². The molecule has 0 atom stereocenters. The summed E-state index contributed by atoms with van der Waals surface area (Å²) in [5.41, 5.74) is 8.24. The number of non-ortho nitro benzene ring substituents is 1. The molecule has 2 aromatic carbocycles. The van der Waals surface area contributed by atoms with Crippen LogP contribution in [0.25, 0.3) is 11.0 Å². The Morgan fingerprint density at radius 2 is 1.96 bits per heavy atom. The minimum atomic E-state index is -0.600. The molecular formula is C18H14N4O6. The summed E-state index contributed by atoms with van der Waals surface area (Å²) in [5, 5.41) is 15.1. The van der Waals surface area contributed by atoms with E-state index in [0.717, 1.165) is 0 Å². The van der Waals surface area contributed by atoms with Crippen molar-refractivity contribution in [1.29, 1.82) is 0 Å². The summed E-state index contributed by atoms with van der Waals surface area (Å²) in [5.74, 6) is -0.732. The van der Waals surface area contributed by atoms with E-state index in [0.29, 0.717) is 22.3 Å². The van der Waals surface area contributed by atoms with Gasteiger partial charge < -0.3 is 14.9 Å². The number of fused-ring (bicyclic) bond motifs is 1. The maximum absolute atomic E-state index is 12.1. The summed E-state index contributed by atoms with van der Waals surface area (Å²) >= 11 is 0. The highest BCUT2D eigenvalue weighted by Crippen LogP contribution is 2.24. The monoisotopic (exact) mass is 382 g/mol. The van der Waals surface area contributed by atoms with Gasteiger partial charge in [-0.25, -0.2) is 5.43 Å². The Hall–Kier alpha value is -4.21. The summed E-state index contributed by atoms with van der Waals surface area (Å²) in [6.45, 7) is -0.218. The molecule has 2 amide bonds. The first-order valence-electron chi connectivity index (χ1n) is 7.95. The van der Waals surface area contributed by atoms with Crippen LogP contribution in [0.2, 0.25) is 0 Å². The number of nitrogens with zero attached hydrogens (tertiary/aromatic N) is 2. The van der Waals surface area contributed by atoms with Crippen LogP contribution in [0, 0.1) is 10.1 Å². The lowest BCUT2D eigenvalue weighted by Gasteiger charge is -2.03. The van der Waals surface area contributed by atoms with E-state index in [4.69, 9.17) is 14.9 Å². The maximum Gasteiger partial charge on any atom is 0.307 e. The summed E-state index contributed by atoms with van der Waals surface area (Å²) in [6, 6.07) is 12.0. The van der Waals surface area contributed by atoms with E-state index in [1.165, 1.54) is 30.5 Å². The second-order valence-corrected chi connectivity index (χ2v) is 5.61. The topological polar surface area (TPSA) is 150 Å². The smallest absolute Gasteiger partial charge is 0.307 e. The maximum atomic E-state index is 12.1. The van der Waals surface area contributed by atoms with Gasteiger partial charge in [0.15, 0.2) is 12.4 Å². The first-order chi connectivity index (χ1) is 13.4. The molecule has 0 aliphatic carbocycles. The molecular weight excluding hydrogens is 368 g/mol. The molecule has 0 saturated carbocycles. The summed E-state index contributed by atoms with van der Waals surface area (Å²) < 4.78 is 10.5. The number of nitrogens with two attached hydrogens (primary N) is 1. The molecule has 0 aliphatic rings. The third kappa shape index (κ3) is 4.49. The summed E-state index contributed by atoms with van der Waals surface area (Å²) in [7, 11) is 0. The van der Waals surface area contributed by atoms with Crippen molar-refractivity contribution in [3.63, 3.8) is 0 Å². The van der Waals surface area contributed by atoms with E-state index >= 15 is 0 Å². The Labute approximate surface area is 157 Å². The van der Waals surface area contributed by atoms with Crippen LogP contribution in [0.5, 0.6) is 5.75 Å². The highest BCUT2D eigenvalue weighted by Gasteiger charge is 2.14. The number of nitro benzene ring substituents is 1. The second-order valence-electron chi connectivity index (χ2n) is 5.61. The molecule has 10 heteroatoms. The van der Waals surface area contributed by atoms with E-state index in [1.54, 1.807) is 24.3 Å². The SMILES string of the molecule is NC(=O)COc1ccc(/C=N\NC(=O)c2cc3cc([N+](=O)[O-])ccc3o2)cc1. The largest absolute Gasteiger partial charge is 0.484 e. The minimum Gasteiger partial charge on any atom is -0.484 e. The van der Waals surface area contributed by atoms with Crippen LogP contribution in [-0.2, 0) is 4.79 Å². The van der Waals surface area contributed by atoms with E-state index in [2.05, 4.69) is 10.5 Å². The van der Waals surface area contributed by atoms with Gasteiger partial charge in [0.05, 0.1) is 11.1 Å². The fourth-order valence-electron chi connectivity index (χ4n) is 2.28. The number of carbonyl (C=O) groups is 2. The van der Waals surface area contributed by atoms with Crippen molar-refractivity contribution in [3.05, 3.63) is 70.0 Å². The average molecular weight is 382 g/mol. The highest BCUT2D eigenvalue weighted by atomic mass is 16.6. The van der Waals surface area contributed by atoms with Crippen LogP contribution >= 0.6 is 0 Å². The summed E-state index contributed by atoms with van der Waals surface area (Å²) in [6.07, 6.45) is 1.41. The Balaban J connectivity index is 1.62. The number of nitro groups is 1. The molecule has 142 valence electrons. The number of primary amides is 1. The molecule has 10 nitrogen and oxygen atoms in total. The summed E-state index contributed by atoms with van der Waals surface area (Å²) in [4.78, 5) is 33.0. The predicted octanol–water partition coefficient (Wildman–Crippen LogP) is 1.97. The molecule has 0 aliphatic heterocycles. The molecule has 0 bridgehead atoms. The molecule has 1 aromatic heterocycles. The molecule has 3 N–H and O–H groups in total. The van der Waals surface area contributed by atoms with Crippen molar-refractivity contribution in [3.8, 4) is 5.75 Å². The lowest BCUT2D eigenvalue weighted by Crippen LogP contribution is -2.20. The Morgan fingerprint density at radius 1 is 1.21 bits per heavy atom. The van der Waals surface area contributed by atoms with Gasteiger partial charge in [-0.1, -0.05) is 0 Å². The van der Waals surface area contributed by atoms with E-state index < -0.39 is 16.7 Å². The quantitative estimate of drug-likeness (QED) is 0.362. The number of carbonyl (C=O) groups excluding carboxylic acids is 2. The zero-order valence-corrected chi connectivity index (χ0v) is 14.3. The molecule has 3 rings (SSSR count). The van der Waals surface area contributed by atoms with Gasteiger partial charge in [0, 0.05) is 17.5 Å². The van der Waals surface area contributed by atoms with E-state index in [9.17, 15) is 19.7 Å². The zero-order chi connectivity index (χ0) is 20.1. The van der Waals surface area contributed by atoms with Crippen molar-refractivity contribution in [1.82, 2.24) is 5.43 Å².